The number of piperazine rings is 1. The fraction of sp³-hybridized carbons (Fsp3) is 0.333. The van der Waals surface area contributed by atoms with Crippen LogP contribution >= 0.6 is 11.6 Å². The van der Waals surface area contributed by atoms with Crippen molar-refractivity contribution in [2.24, 2.45) is 0 Å². The Bertz CT molecular complexity index is 1140. The number of methoxy groups -OCH3 is 1. The first-order chi connectivity index (χ1) is 14.6. The summed E-state index contributed by atoms with van der Waals surface area (Å²) in [4.78, 5) is -0.128. The van der Waals surface area contributed by atoms with Gasteiger partial charge in [0.2, 0.25) is 20.0 Å². The summed E-state index contributed by atoms with van der Waals surface area (Å²) in [6.45, 7) is -3.35. The molecule has 2 aromatic carbocycles. The maximum absolute atomic E-state index is 12.9. The fourth-order valence-corrected chi connectivity index (χ4v) is 6.19. The Balaban J connectivity index is 1.72. The van der Waals surface area contributed by atoms with Gasteiger partial charge in [0.25, 0.3) is 0 Å². The van der Waals surface area contributed by atoms with E-state index in [2.05, 4.69) is 4.74 Å². The molecule has 0 aliphatic carbocycles. The van der Waals surface area contributed by atoms with Crippen molar-refractivity contribution in [3.05, 3.63) is 47.5 Å². The van der Waals surface area contributed by atoms with Gasteiger partial charge in [-0.2, -0.15) is 17.4 Å². The molecule has 0 bridgehead atoms. The molecule has 1 saturated heterocycles. The van der Waals surface area contributed by atoms with Gasteiger partial charge in [0, 0.05) is 26.2 Å². The Hall–Kier alpha value is -1.99. The summed E-state index contributed by atoms with van der Waals surface area (Å²) in [6, 6.07) is 9.07. The number of benzene rings is 2. The van der Waals surface area contributed by atoms with Crippen LogP contribution < -0.4 is 9.47 Å². The van der Waals surface area contributed by atoms with Gasteiger partial charge in [-0.1, -0.05) is 11.6 Å². The van der Waals surface area contributed by atoms with Crippen molar-refractivity contribution < 1.29 is 35.1 Å². The van der Waals surface area contributed by atoms with Crippen LogP contribution in [0.3, 0.4) is 0 Å². The normalized spacial score (nSPS) is 16.4. The summed E-state index contributed by atoms with van der Waals surface area (Å²) in [5.74, 6) is 0.171. The average molecular weight is 497 g/mol. The first-order valence-electron chi connectivity index (χ1n) is 8.94. The van der Waals surface area contributed by atoms with E-state index in [0.29, 0.717) is 5.75 Å². The molecule has 8 nitrogen and oxygen atoms in total. The Morgan fingerprint density at radius 2 is 1.35 bits per heavy atom. The highest BCUT2D eigenvalue weighted by atomic mass is 35.5. The SMILES string of the molecule is COc1ccc(S(=O)(=O)N2CCN(S(=O)(=O)c3ccc(OC(F)F)c(Cl)c3)CC2)cc1. The third-order valence-corrected chi connectivity index (χ3v) is 8.75. The molecule has 0 saturated carbocycles. The predicted molar refractivity (Wildman–Crippen MR) is 109 cm³/mol. The maximum Gasteiger partial charge on any atom is 0.387 e. The van der Waals surface area contributed by atoms with Crippen molar-refractivity contribution in [2.75, 3.05) is 33.3 Å². The minimum atomic E-state index is -4.00. The number of alkyl halides is 2. The van der Waals surface area contributed by atoms with Crippen LogP contribution in [0.2, 0.25) is 5.02 Å². The number of rotatable bonds is 7. The van der Waals surface area contributed by atoms with E-state index in [-0.39, 0.29) is 46.7 Å². The van der Waals surface area contributed by atoms with E-state index in [9.17, 15) is 25.6 Å². The molecule has 2 aromatic rings. The first kappa shape index (κ1) is 23.7. The molecule has 0 N–H and O–H groups in total. The van der Waals surface area contributed by atoms with E-state index < -0.39 is 26.7 Å². The molecule has 170 valence electrons. The Morgan fingerprint density at radius 3 is 1.81 bits per heavy atom. The highest BCUT2D eigenvalue weighted by Gasteiger charge is 2.34. The number of hydrogen-bond acceptors (Lipinski definition) is 6. The van der Waals surface area contributed by atoms with E-state index in [1.54, 1.807) is 0 Å². The number of halogens is 3. The lowest BCUT2D eigenvalue weighted by molar-refractivity contribution is -0.0498. The highest BCUT2D eigenvalue weighted by molar-refractivity contribution is 7.89. The standard InChI is InChI=1S/C18H19ClF2N2O6S2/c1-28-13-2-4-14(5-3-13)30(24,25)22-8-10-23(11-9-22)31(26,27)15-6-7-17(16(19)12-15)29-18(20)21/h2-7,12,18H,8-11H2,1H3. The second-order valence-electron chi connectivity index (χ2n) is 6.45. The quantitative estimate of drug-likeness (QED) is 0.585. The summed E-state index contributed by atoms with van der Waals surface area (Å²) < 4.78 is 87.6. The van der Waals surface area contributed by atoms with Crippen molar-refractivity contribution in [3.8, 4) is 11.5 Å². The molecule has 0 aromatic heterocycles. The second-order valence-corrected chi connectivity index (χ2v) is 10.7. The Morgan fingerprint density at radius 1 is 0.871 bits per heavy atom. The largest absolute Gasteiger partial charge is 0.497 e. The lowest BCUT2D eigenvalue weighted by Crippen LogP contribution is -2.50. The van der Waals surface area contributed by atoms with Crippen LogP contribution in [0, 0.1) is 0 Å². The van der Waals surface area contributed by atoms with Crippen LogP contribution in [0.25, 0.3) is 0 Å². The zero-order valence-corrected chi connectivity index (χ0v) is 18.6. The summed E-state index contributed by atoms with van der Waals surface area (Å²) in [6.07, 6.45) is 0. The zero-order valence-electron chi connectivity index (χ0n) is 16.2. The minimum absolute atomic E-state index is 0.0477. The molecule has 0 atom stereocenters. The monoisotopic (exact) mass is 496 g/mol. The van der Waals surface area contributed by atoms with Crippen molar-refractivity contribution in [1.82, 2.24) is 8.61 Å². The second kappa shape index (κ2) is 9.25. The van der Waals surface area contributed by atoms with Crippen molar-refractivity contribution >= 4 is 31.6 Å². The molecule has 0 spiro atoms. The van der Waals surface area contributed by atoms with E-state index in [0.717, 1.165) is 22.5 Å². The summed E-state index contributed by atoms with van der Waals surface area (Å²) in [5, 5.41) is -0.276. The average Bonchev–Trinajstić information content (AvgIpc) is 2.75. The van der Waals surface area contributed by atoms with Crippen LogP contribution in [0.4, 0.5) is 8.78 Å². The Kier molecular flexibility index (Phi) is 7.06. The molecule has 3 rings (SSSR count). The lowest BCUT2D eigenvalue weighted by Gasteiger charge is -2.33. The molecule has 1 heterocycles. The molecule has 31 heavy (non-hydrogen) atoms. The Labute approximate surface area is 184 Å². The molecule has 1 fully saturated rings. The molecule has 0 unspecified atom stereocenters. The van der Waals surface area contributed by atoms with Crippen LogP contribution in [0.1, 0.15) is 0 Å². The third-order valence-electron chi connectivity index (χ3n) is 4.65. The van der Waals surface area contributed by atoms with Gasteiger partial charge in [-0.25, -0.2) is 16.8 Å². The van der Waals surface area contributed by atoms with Gasteiger partial charge in [-0.15, -0.1) is 0 Å². The smallest absolute Gasteiger partial charge is 0.387 e. The molecule has 0 amide bonds. The van der Waals surface area contributed by atoms with E-state index >= 15 is 0 Å². The number of hydrogen-bond donors (Lipinski definition) is 0. The van der Waals surface area contributed by atoms with Crippen molar-refractivity contribution in [2.45, 2.75) is 16.4 Å². The van der Waals surface area contributed by atoms with Crippen molar-refractivity contribution in [3.63, 3.8) is 0 Å². The van der Waals surface area contributed by atoms with Gasteiger partial charge < -0.3 is 9.47 Å². The summed E-state index contributed by atoms with van der Waals surface area (Å²) in [7, 11) is -6.33. The van der Waals surface area contributed by atoms with Gasteiger partial charge in [0.1, 0.15) is 11.5 Å². The number of ether oxygens (including phenoxy) is 2. The van der Waals surface area contributed by atoms with Crippen LogP contribution in [-0.4, -0.2) is 65.3 Å². The summed E-state index contributed by atoms with van der Waals surface area (Å²) >= 11 is 5.85. The molecule has 13 heteroatoms. The van der Waals surface area contributed by atoms with E-state index in [1.165, 1.54) is 35.7 Å². The lowest BCUT2D eigenvalue weighted by atomic mass is 10.3. The van der Waals surface area contributed by atoms with Gasteiger partial charge in [-0.05, 0) is 42.5 Å². The van der Waals surface area contributed by atoms with Gasteiger partial charge >= 0.3 is 6.61 Å². The van der Waals surface area contributed by atoms with Crippen LogP contribution in [0.15, 0.2) is 52.3 Å². The minimum Gasteiger partial charge on any atom is -0.497 e. The van der Waals surface area contributed by atoms with E-state index in [4.69, 9.17) is 16.3 Å². The van der Waals surface area contributed by atoms with Crippen molar-refractivity contribution in [1.29, 1.82) is 0 Å². The van der Waals surface area contributed by atoms with Crippen LogP contribution in [0.5, 0.6) is 11.5 Å². The third kappa shape index (κ3) is 5.09. The first-order valence-corrected chi connectivity index (χ1v) is 12.2. The molecule has 1 aliphatic heterocycles. The summed E-state index contributed by atoms with van der Waals surface area (Å²) in [5.41, 5.74) is 0. The molecular weight excluding hydrogens is 478 g/mol. The molecule has 0 radical (unpaired) electrons. The molecule has 1 aliphatic rings. The molecular formula is C18H19ClF2N2O6S2. The number of nitrogens with zero attached hydrogens (tertiary/aromatic N) is 2. The van der Waals surface area contributed by atoms with Gasteiger partial charge in [-0.3, -0.25) is 0 Å². The highest BCUT2D eigenvalue weighted by Crippen LogP contribution is 2.30. The van der Waals surface area contributed by atoms with Crippen LogP contribution in [-0.2, 0) is 20.0 Å². The predicted octanol–water partition coefficient (Wildman–Crippen LogP) is 2.65. The number of sulfonamides is 2. The van der Waals surface area contributed by atoms with Gasteiger partial charge in [0.05, 0.1) is 21.9 Å². The maximum atomic E-state index is 12.9. The fourth-order valence-electron chi connectivity index (χ4n) is 3.03. The zero-order chi connectivity index (χ0) is 22.8. The van der Waals surface area contributed by atoms with Gasteiger partial charge in [0.15, 0.2) is 0 Å². The topological polar surface area (TPSA) is 93.2 Å². The van der Waals surface area contributed by atoms with E-state index in [1.807, 2.05) is 0 Å².